The molecule has 0 saturated carbocycles. The first-order valence-electron chi connectivity index (χ1n) is 6.14. The smallest absolute Gasteiger partial charge is 0.314 e. The van der Waals surface area contributed by atoms with Gasteiger partial charge in [0.2, 0.25) is 5.75 Å². The number of benzene rings is 2. The van der Waals surface area contributed by atoms with Gasteiger partial charge in [0, 0.05) is 11.6 Å². The molecule has 0 aliphatic rings. The topological polar surface area (TPSA) is 69.4 Å². The number of aryl methyl sites for hydroxylation is 1. The number of hydrogen-bond donors (Lipinski definition) is 0. The van der Waals surface area contributed by atoms with Crippen LogP contribution in [0.5, 0.6) is 5.75 Å². The molecule has 0 N–H and O–H groups in total. The lowest BCUT2D eigenvalue weighted by Gasteiger charge is -2.07. The minimum Gasteiger partial charge on any atom is -0.476 e. The third-order valence-corrected chi connectivity index (χ3v) is 2.86. The summed E-state index contributed by atoms with van der Waals surface area (Å²) in [5, 5.41) is 10.8. The molecule has 0 radical (unpaired) electrons. The van der Waals surface area contributed by atoms with Gasteiger partial charge in [0.05, 0.1) is 4.92 Å². The number of halogens is 1. The number of para-hydroxylation sites is 1. The number of hydrogen-bond acceptors (Lipinski definition) is 4. The molecule has 0 fully saturated rings. The maximum atomic E-state index is 13.6. The Hall–Kier alpha value is -2.76. The van der Waals surface area contributed by atoms with Crippen molar-refractivity contribution in [2.75, 3.05) is 6.61 Å². The van der Waals surface area contributed by atoms with E-state index in [1.165, 1.54) is 6.07 Å². The molecule has 2 aromatic carbocycles. The van der Waals surface area contributed by atoms with Gasteiger partial charge in [0.25, 0.3) is 0 Å². The molecule has 108 valence electrons. The summed E-state index contributed by atoms with van der Waals surface area (Å²) >= 11 is 0. The molecule has 0 unspecified atom stereocenters. The van der Waals surface area contributed by atoms with E-state index in [0.29, 0.717) is 5.56 Å². The molecule has 0 spiro atoms. The van der Waals surface area contributed by atoms with Crippen LogP contribution in [0, 0.1) is 22.9 Å². The number of nitro benzene ring substituents is 1. The molecule has 0 bridgehead atoms. The van der Waals surface area contributed by atoms with Gasteiger partial charge >= 0.3 is 5.69 Å². The minimum absolute atomic E-state index is 0.382. The van der Waals surface area contributed by atoms with E-state index in [1.54, 1.807) is 24.3 Å². The van der Waals surface area contributed by atoms with Crippen molar-refractivity contribution in [3.63, 3.8) is 0 Å². The highest BCUT2D eigenvalue weighted by Crippen LogP contribution is 2.29. The SMILES string of the molecule is Cc1ccc(C(=O)COc2c(F)cccc2[N+](=O)[O-])cc1. The fourth-order valence-corrected chi connectivity index (χ4v) is 1.74. The van der Waals surface area contributed by atoms with Crippen molar-refractivity contribution >= 4 is 11.5 Å². The van der Waals surface area contributed by atoms with Gasteiger partial charge < -0.3 is 4.74 Å². The van der Waals surface area contributed by atoms with Crippen LogP contribution in [0.2, 0.25) is 0 Å². The second-order valence-corrected chi connectivity index (χ2v) is 4.42. The third kappa shape index (κ3) is 3.42. The van der Waals surface area contributed by atoms with Crippen LogP contribution >= 0.6 is 0 Å². The fraction of sp³-hybridized carbons (Fsp3) is 0.133. The Balaban J connectivity index is 2.15. The predicted molar refractivity (Wildman–Crippen MR) is 74.1 cm³/mol. The number of Topliss-reactive ketones (excluding diaryl/α,β-unsaturated/α-hetero) is 1. The minimum atomic E-state index is -0.874. The summed E-state index contributed by atoms with van der Waals surface area (Å²) in [4.78, 5) is 21.9. The van der Waals surface area contributed by atoms with Gasteiger partial charge in [-0.05, 0) is 13.0 Å². The predicted octanol–water partition coefficient (Wildman–Crippen LogP) is 3.30. The number of nitro groups is 1. The Labute approximate surface area is 120 Å². The van der Waals surface area contributed by atoms with Crippen molar-refractivity contribution in [1.82, 2.24) is 0 Å². The van der Waals surface area contributed by atoms with Crippen molar-refractivity contribution in [2.45, 2.75) is 6.92 Å². The zero-order valence-electron chi connectivity index (χ0n) is 11.2. The quantitative estimate of drug-likeness (QED) is 0.481. The lowest BCUT2D eigenvalue weighted by atomic mass is 10.1. The largest absolute Gasteiger partial charge is 0.476 e. The average molecular weight is 289 g/mol. The Morgan fingerprint density at radius 2 is 1.90 bits per heavy atom. The third-order valence-electron chi connectivity index (χ3n) is 2.86. The monoisotopic (exact) mass is 289 g/mol. The average Bonchev–Trinajstić information content (AvgIpc) is 2.46. The summed E-state index contributed by atoms with van der Waals surface area (Å²) in [6.45, 7) is 1.41. The molecule has 0 atom stereocenters. The number of carbonyl (C=O) groups excluding carboxylic acids is 1. The van der Waals surface area contributed by atoms with Crippen molar-refractivity contribution in [2.24, 2.45) is 0 Å². The van der Waals surface area contributed by atoms with Gasteiger partial charge in [-0.3, -0.25) is 14.9 Å². The van der Waals surface area contributed by atoms with Gasteiger partial charge in [-0.25, -0.2) is 4.39 Å². The van der Waals surface area contributed by atoms with Crippen LogP contribution in [0.1, 0.15) is 15.9 Å². The summed E-state index contributed by atoms with van der Waals surface area (Å²) in [7, 11) is 0. The van der Waals surface area contributed by atoms with Gasteiger partial charge in [-0.15, -0.1) is 0 Å². The Kier molecular flexibility index (Phi) is 4.27. The second-order valence-electron chi connectivity index (χ2n) is 4.42. The van der Waals surface area contributed by atoms with E-state index in [9.17, 15) is 19.3 Å². The molecule has 21 heavy (non-hydrogen) atoms. The second kappa shape index (κ2) is 6.13. The summed E-state index contributed by atoms with van der Waals surface area (Å²) in [5.41, 5.74) is 0.892. The van der Waals surface area contributed by atoms with Crippen LogP contribution in [0.4, 0.5) is 10.1 Å². The molecular weight excluding hydrogens is 277 g/mol. The standard InChI is InChI=1S/C15H12FNO4/c1-10-5-7-11(8-6-10)14(18)9-21-15-12(16)3-2-4-13(15)17(19)20/h2-8H,9H2,1H3. The van der Waals surface area contributed by atoms with Crippen LogP contribution < -0.4 is 4.74 Å². The highest BCUT2D eigenvalue weighted by molar-refractivity contribution is 5.97. The molecule has 0 saturated heterocycles. The van der Waals surface area contributed by atoms with E-state index in [-0.39, 0.29) is 5.78 Å². The molecule has 0 heterocycles. The first kappa shape index (κ1) is 14.6. The Morgan fingerprint density at radius 1 is 1.24 bits per heavy atom. The van der Waals surface area contributed by atoms with E-state index < -0.39 is 28.8 Å². The number of rotatable bonds is 5. The molecule has 2 rings (SSSR count). The first-order valence-corrected chi connectivity index (χ1v) is 6.14. The van der Waals surface area contributed by atoms with Gasteiger partial charge in [-0.2, -0.15) is 0 Å². The fourth-order valence-electron chi connectivity index (χ4n) is 1.74. The Morgan fingerprint density at radius 3 is 2.52 bits per heavy atom. The van der Waals surface area contributed by atoms with Gasteiger partial charge in [0.15, 0.2) is 18.2 Å². The number of nitrogens with zero attached hydrogens (tertiary/aromatic N) is 1. The summed E-state index contributed by atoms with van der Waals surface area (Å²) in [5.74, 6) is -1.78. The zero-order valence-corrected chi connectivity index (χ0v) is 11.2. The number of ketones is 1. The van der Waals surface area contributed by atoms with Gasteiger partial charge in [0.1, 0.15) is 0 Å². The zero-order chi connectivity index (χ0) is 15.4. The molecule has 6 heteroatoms. The molecule has 0 aliphatic heterocycles. The number of ether oxygens (including phenoxy) is 1. The van der Waals surface area contributed by atoms with Crippen molar-refractivity contribution < 1.29 is 18.8 Å². The van der Waals surface area contributed by atoms with E-state index >= 15 is 0 Å². The molecule has 0 aliphatic carbocycles. The molecule has 2 aromatic rings. The summed E-state index contributed by atoms with van der Waals surface area (Å²) in [6, 6.07) is 10.1. The summed E-state index contributed by atoms with van der Waals surface area (Å²) in [6.07, 6.45) is 0. The van der Waals surface area contributed by atoms with Crippen LogP contribution in [-0.2, 0) is 0 Å². The lowest BCUT2D eigenvalue weighted by molar-refractivity contribution is -0.386. The van der Waals surface area contributed by atoms with E-state index in [4.69, 9.17) is 4.74 Å². The van der Waals surface area contributed by atoms with Crippen LogP contribution in [0.3, 0.4) is 0 Å². The highest BCUT2D eigenvalue weighted by atomic mass is 19.1. The molecule has 0 aromatic heterocycles. The summed E-state index contributed by atoms with van der Waals surface area (Å²) < 4.78 is 18.6. The van der Waals surface area contributed by atoms with E-state index in [2.05, 4.69) is 0 Å². The van der Waals surface area contributed by atoms with Crippen LogP contribution in [0.15, 0.2) is 42.5 Å². The molecule has 0 amide bonds. The van der Waals surface area contributed by atoms with Crippen molar-refractivity contribution in [3.05, 3.63) is 69.5 Å². The maximum Gasteiger partial charge on any atom is 0.314 e. The molecule has 5 nitrogen and oxygen atoms in total. The van der Waals surface area contributed by atoms with E-state index in [1.807, 2.05) is 6.92 Å². The maximum absolute atomic E-state index is 13.6. The number of carbonyl (C=O) groups is 1. The Bertz CT molecular complexity index is 683. The first-order chi connectivity index (χ1) is 9.99. The lowest BCUT2D eigenvalue weighted by Crippen LogP contribution is -2.13. The van der Waals surface area contributed by atoms with Crippen LogP contribution in [0.25, 0.3) is 0 Å². The van der Waals surface area contributed by atoms with E-state index in [0.717, 1.165) is 17.7 Å². The van der Waals surface area contributed by atoms with Crippen molar-refractivity contribution in [3.8, 4) is 5.75 Å². The van der Waals surface area contributed by atoms with Crippen molar-refractivity contribution in [1.29, 1.82) is 0 Å². The highest BCUT2D eigenvalue weighted by Gasteiger charge is 2.20. The molecular formula is C15H12FNO4. The van der Waals surface area contributed by atoms with Crippen LogP contribution in [-0.4, -0.2) is 17.3 Å². The normalized spacial score (nSPS) is 10.2. The van der Waals surface area contributed by atoms with Gasteiger partial charge in [-0.1, -0.05) is 35.9 Å².